The van der Waals surface area contributed by atoms with Crippen LogP contribution in [-0.4, -0.2) is 36.4 Å². The van der Waals surface area contributed by atoms with Gasteiger partial charge in [0, 0.05) is 25.5 Å². The van der Waals surface area contributed by atoms with Crippen molar-refractivity contribution in [1.82, 2.24) is 13.9 Å². The second-order valence-corrected chi connectivity index (χ2v) is 9.92. The predicted octanol–water partition coefficient (Wildman–Crippen LogP) is 4.30. The number of imidazole rings is 1. The van der Waals surface area contributed by atoms with Gasteiger partial charge >= 0.3 is 0 Å². The monoisotopic (exact) mass is 403 g/mol. The van der Waals surface area contributed by atoms with E-state index in [1.54, 1.807) is 38.0 Å². The molecule has 0 aliphatic carbocycles. The van der Waals surface area contributed by atoms with E-state index in [4.69, 9.17) is 4.98 Å². The van der Waals surface area contributed by atoms with Crippen LogP contribution in [0.1, 0.15) is 24.7 Å². The van der Waals surface area contributed by atoms with Gasteiger partial charge in [-0.25, -0.2) is 17.7 Å². The zero-order valence-corrected chi connectivity index (χ0v) is 17.8. The number of rotatable bonds is 7. The number of nitrogens with zero attached hydrogens (tertiary/aromatic N) is 3. The van der Waals surface area contributed by atoms with Gasteiger partial charge in [-0.1, -0.05) is 24.6 Å². The van der Waals surface area contributed by atoms with E-state index in [-0.39, 0.29) is 4.90 Å². The molecule has 0 radical (unpaired) electrons. The van der Waals surface area contributed by atoms with E-state index in [9.17, 15) is 8.42 Å². The summed E-state index contributed by atoms with van der Waals surface area (Å²) < 4.78 is 28.3. The fourth-order valence-corrected chi connectivity index (χ4v) is 4.66. The molecular formula is C20H25N3O2S2. The SMILES string of the molecule is CCCn1c(CSc2ccc(C)cc2)nc2cc(S(=O)(=O)N(C)C)ccc21. The van der Waals surface area contributed by atoms with E-state index in [1.807, 2.05) is 6.07 Å². The zero-order chi connectivity index (χ0) is 19.6. The molecule has 0 N–H and O–H groups in total. The highest BCUT2D eigenvalue weighted by atomic mass is 32.2. The average Bonchev–Trinajstić information content (AvgIpc) is 2.98. The minimum atomic E-state index is -3.46. The van der Waals surface area contributed by atoms with Crippen molar-refractivity contribution in [1.29, 1.82) is 0 Å². The third kappa shape index (κ3) is 4.20. The quantitative estimate of drug-likeness (QED) is 0.552. The van der Waals surface area contributed by atoms with Crippen LogP contribution in [0.3, 0.4) is 0 Å². The standard InChI is InChI=1S/C20H25N3O2S2/c1-5-12-23-19-11-10-17(27(24,25)22(3)4)13-18(19)21-20(23)14-26-16-8-6-15(2)7-9-16/h6-11,13H,5,12,14H2,1-4H3. The Kier molecular flexibility index (Phi) is 5.93. The normalized spacial score (nSPS) is 12.2. The van der Waals surface area contributed by atoms with Gasteiger partial charge in [-0.15, -0.1) is 11.8 Å². The lowest BCUT2D eigenvalue weighted by Crippen LogP contribution is -2.22. The van der Waals surface area contributed by atoms with E-state index >= 15 is 0 Å². The number of aryl methyl sites for hydroxylation is 2. The third-order valence-electron chi connectivity index (χ3n) is 4.41. The molecule has 0 bridgehead atoms. The molecule has 0 aliphatic heterocycles. The summed E-state index contributed by atoms with van der Waals surface area (Å²) in [6.45, 7) is 5.07. The number of aromatic nitrogens is 2. The van der Waals surface area contributed by atoms with Crippen molar-refractivity contribution in [3.63, 3.8) is 0 Å². The molecular weight excluding hydrogens is 378 g/mol. The van der Waals surface area contributed by atoms with Crippen molar-refractivity contribution in [2.45, 2.75) is 42.4 Å². The summed E-state index contributed by atoms with van der Waals surface area (Å²) in [6.07, 6.45) is 0.991. The summed E-state index contributed by atoms with van der Waals surface area (Å²) in [6, 6.07) is 13.7. The summed E-state index contributed by atoms with van der Waals surface area (Å²) in [4.78, 5) is 6.23. The molecule has 3 rings (SSSR count). The van der Waals surface area contributed by atoms with Gasteiger partial charge in [0.1, 0.15) is 5.82 Å². The van der Waals surface area contributed by atoms with Crippen LogP contribution in [0.25, 0.3) is 11.0 Å². The first-order chi connectivity index (χ1) is 12.8. The van der Waals surface area contributed by atoms with Crippen LogP contribution in [0.4, 0.5) is 0 Å². The van der Waals surface area contributed by atoms with Gasteiger partial charge in [0.05, 0.1) is 21.7 Å². The molecule has 3 aromatic rings. The topological polar surface area (TPSA) is 55.2 Å². The molecule has 1 heterocycles. The van der Waals surface area contributed by atoms with Gasteiger partial charge in [-0.05, 0) is 43.7 Å². The predicted molar refractivity (Wildman–Crippen MR) is 112 cm³/mol. The van der Waals surface area contributed by atoms with Crippen molar-refractivity contribution >= 4 is 32.8 Å². The van der Waals surface area contributed by atoms with Crippen molar-refractivity contribution in [3.05, 3.63) is 53.9 Å². The van der Waals surface area contributed by atoms with Crippen molar-refractivity contribution in [3.8, 4) is 0 Å². The van der Waals surface area contributed by atoms with Gasteiger partial charge in [-0.3, -0.25) is 0 Å². The summed E-state index contributed by atoms with van der Waals surface area (Å²) >= 11 is 1.74. The van der Waals surface area contributed by atoms with Crippen LogP contribution in [0.15, 0.2) is 52.3 Å². The number of thioether (sulfide) groups is 1. The lowest BCUT2D eigenvalue weighted by molar-refractivity contribution is 0.521. The van der Waals surface area contributed by atoms with E-state index in [0.29, 0.717) is 0 Å². The van der Waals surface area contributed by atoms with Crippen LogP contribution in [-0.2, 0) is 22.3 Å². The van der Waals surface area contributed by atoms with E-state index in [1.165, 1.54) is 14.8 Å². The molecule has 144 valence electrons. The molecule has 0 unspecified atom stereocenters. The smallest absolute Gasteiger partial charge is 0.242 e. The lowest BCUT2D eigenvalue weighted by atomic mass is 10.2. The molecule has 0 saturated heterocycles. The van der Waals surface area contributed by atoms with Crippen molar-refractivity contribution < 1.29 is 8.42 Å². The Bertz CT molecular complexity index is 1040. The Hall–Kier alpha value is -1.83. The Balaban J connectivity index is 1.96. The molecule has 0 aliphatic rings. The highest BCUT2D eigenvalue weighted by molar-refractivity contribution is 7.98. The maximum atomic E-state index is 12.4. The molecule has 7 heteroatoms. The second kappa shape index (κ2) is 8.04. The Morgan fingerprint density at radius 1 is 1.11 bits per heavy atom. The first-order valence-corrected chi connectivity index (χ1v) is 11.4. The van der Waals surface area contributed by atoms with E-state index in [2.05, 4.69) is 42.7 Å². The van der Waals surface area contributed by atoms with Gasteiger partial charge in [-0.2, -0.15) is 0 Å². The molecule has 0 atom stereocenters. The third-order valence-corrected chi connectivity index (χ3v) is 7.23. The molecule has 1 aromatic heterocycles. The van der Waals surface area contributed by atoms with E-state index < -0.39 is 10.0 Å². The van der Waals surface area contributed by atoms with Crippen LogP contribution in [0.2, 0.25) is 0 Å². The first kappa shape index (κ1) is 19.9. The van der Waals surface area contributed by atoms with Gasteiger partial charge in [0.2, 0.25) is 10.0 Å². The summed E-state index contributed by atoms with van der Waals surface area (Å²) in [5.74, 6) is 1.71. The molecule has 0 fully saturated rings. The first-order valence-electron chi connectivity index (χ1n) is 8.94. The van der Waals surface area contributed by atoms with Crippen LogP contribution < -0.4 is 0 Å². The summed E-state index contributed by atoms with van der Waals surface area (Å²) in [5.41, 5.74) is 2.95. The maximum Gasteiger partial charge on any atom is 0.242 e. The summed E-state index contributed by atoms with van der Waals surface area (Å²) in [5, 5.41) is 0. The molecule has 2 aromatic carbocycles. The Morgan fingerprint density at radius 2 is 1.81 bits per heavy atom. The van der Waals surface area contributed by atoms with Gasteiger partial charge < -0.3 is 4.57 Å². The second-order valence-electron chi connectivity index (χ2n) is 6.72. The van der Waals surface area contributed by atoms with Crippen LogP contribution >= 0.6 is 11.8 Å². The van der Waals surface area contributed by atoms with Crippen LogP contribution in [0, 0.1) is 6.92 Å². The molecule has 0 spiro atoms. The number of sulfonamides is 1. The maximum absolute atomic E-state index is 12.4. The largest absolute Gasteiger partial charge is 0.327 e. The fraction of sp³-hybridized carbons (Fsp3) is 0.350. The number of hydrogen-bond donors (Lipinski definition) is 0. The zero-order valence-electron chi connectivity index (χ0n) is 16.1. The highest BCUT2D eigenvalue weighted by Crippen LogP contribution is 2.27. The molecule has 27 heavy (non-hydrogen) atoms. The molecule has 0 saturated carbocycles. The highest BCUT2D eigenvalue weighted by Gasteiger charge is 2.19. The lowest BCUT2D eigenvalue weighted by Gasteiger charge is -2.11. The molecule has 5 nitrogen and oxygen atoms in total. The van der Waals surface area contributed by atoms with Crippen molar-refractivity contribution in [2.75, 3.05) is 14.1 Å². The minimum absolute atomic E-state index is 0.277. The number of fused-ring (bicyclic) bond motifs is 1. The van der Waals surface area contributed by atoms with Gasteiger partial charge in [0.25, 0.3) is 0 Å². The fourth-order valence-electron chi connectivity index (χ4n) is 2.90. The summed E-state index contributed by atoms with van der Waals surface area (Å²) in [7, 11) is -0.384. The Morgan fingerprint density at radius 3 is 2.44 bits per heavy atom. The van der Waals surface area contributed by atoms with Crippen molar-refractivity contribution in [2.24, 2.45) is 0 Å². The van der Waals surface area contributed by atoms with Gasteiger partial charge in [0.15, 0.2) is 0 Å². The van der Waals surface area contributed by atoms with E-state index in [0.717, 1.165) is 35.6 Å². The number of benzene rings is 2. The minimum Gasteiger partial charge on any atom is -0.327 e. The Labute approximate surface area is 165 Å². The number of hydrogen-bond acceptors (Lipinski definition) is 4. The average molecular weight is 404 g/mol. The molecule has 0 amide bonds. The van der Waals surface area contributed by atoms with Crippen LogP contribution in [0.5, 0.6) is 0 Å².